The van der Waals surface area contributed by atoms with Gasteiger partial charge in [-0.25, -0.2) is 9.69 Å². The number of rotatable bonds is 9. The van der Waals surface area contributed by atoms with Gasteiger partial charge in [-0.2, -0.15) is 5.21 Å². The molecule has 2 aromatic carbocycles. The molecular formula is C35H42N8O4. The maximum Gasteiger partial charge on any atom is 0.407 e. The molecule has 5 rings (SSSR count). The van der Waals surface area contributed by atoms with E-state index in [1.807, 2.05) is 64.2 Å². The van der Waals surface area contributed by atoms with Crippen molar-refractivity contribution in [3.8, 4) is 22.5 Å². The highest BCUT2D eigenvalue weighted by Crippen LogP contribution is 2.32. The van der Waals surface area contributed by atoms with Crippen molar-refractivity contribution < 1.29 is 19.1 Å². The number of nitrogens with one attached hydrogen (secondary N) is 2. The fraction of sp³-hybridized carbons (Fsp3) is 0.400. The van der Waals surface area contributed by atoms with Crippen LogP contribution in [0, 0.1) is 18.8 Å². The molecule has 4 aromatic rings. The number of alkyl carbamates (subject to hydrolysis) is 1. The topological polar surface area (TPSA) is 169 Å². The first-order chi connectivity index (χ1) is 22.5. The zero-order chi connectivity index (χ0) is 33.6. The largest absolute Gasteiger partial charge is 0.444 e. The van der Waals surface area contributed by atoms with E-state index in [-0.39, 0.29) is 24.2 Å². The second-order valence-electron chi connectivity index (χ2n) is 13.1. The zero-order valence-electron chi connectivity index (χ0n) is 27.3. The third kappa shape index (κ3) is 8.64. The number of hydrogen-bond donors (Lipinski definition) is 3. The maximum atomic E-state index is 14.1. The fourth-order valence-electron chi connectivity index (χ4n) is 5.91. The number of aromatic amines is 1. The molecule has 0 bridgehead atoms. The number of amides is 3. The molecular weight excluding hydrogens is 596 g/mol. The normalized spacial score (nSPS) is 17.0. The molecule has 12 nitrogen and oxygen atoms in total. The minimum Gasteiger partial charge on any atom is -0.444 e. The van der Waals surface area contributed by atoms with Gasteiger partial charge in [0.15, 0.2) is 0 Å². The van der Waals surface area contributed by atoms with Crippen molar-refractivity contribution in [2.75, 3.05) is 11.4 Å². The molecule has 0 spiro atoms. The number of aryl methyl sites for hydroxylation is 1. The van der Waals surface area contributed by atoms with E-state index in [0.717, 1.165) is 35.1 Å². The third-order valence-electron chi connectivity index (χ3n) is 8.33. The molecule has 1 saturated carbocycles. The lowest BCUT2D eigenvalue weighted by Gasteiger charge is -2.32. The Labute approximate surface area is 274 Å². The summed E-state index contributed by atoms with van der Waals surface area (Å²) in [6.45, 7) is 7.94. The van der Waals surface area contributed by atoms with Crippen LogP contribution in [0.5, 0.6) is 0 Å². The van der Waals surface area contributed by atoms with Gasteiger partial charge in [-0.1, -0.05) is 24.3 Å². The van der Waals surface area contributed by atoms with Crippen molar-refractivity contribution in [2.45, 2.75) is 71.4 Å². The number of nitrogens with two attached hydrogens (primary N) is 1. The predicted octanol–water partition coefficient (Wildman–Crippen LogP) is 5.00. The van der Waals surface area contributed by atoms with Gasteiger partial charge >= 0.3 is 6.09 Å². The summed E-state index contributed by atoms with van der Waals surface area (Å²) in [5, 5.41) is 16.9. The van der Waals surface area contributed by atoms with E-state index in [2.05, 4.69) is 30.9 Å². The molecule has 1 aliphatic rings. The lowest BCUT2D eigenvalue weighted by molar-refractivity contribution is -0.130. The van der Waals surface area contributed by atoms with Gasteiger partial charge in [-0.15, -0.1) is 10.2 Å². The first-order valence-corrected chi connectivity index (χ1v) is 15.9. The fourth-order valence-corrected chi connectivity index (χ4v) is 5.91. The summed E-state index contributed by atoms with van der Waals surface area (Å²) in [4.78, 5) is 45.8. The number of tetrazole rings is 1. The Balaban J connectivity index is 1.31. The Kier molecular flexibility index (Phi) is 10.4. The lowest BCUT2D eigenvalue weighted by atomic mass is 9.81. The van der Waals surface area contributed by atoms with Gasteiger partial charge in [-0.3, -0.25) is 14.6 Å². The van der Waals surface area contributed by atoms with Gasteiger partial charge in [0.1, 0.15) is 5.60 Å². The van der Waals surface area contributed by atoms with Crippen molar-refractivity contribution in [3.05, 3.63) is 78.1 Å². The number of aromatic nitrogens is 5. The number of hydrogen-bond acceptors (Lipinski definition) is 9. The highest BCUT2D eigenvalue weighted by atomic mass is 16.6. The molecule has 2 aromatic heterocycles. The van der Waals surface area contributed by atoms with E-state index >= 15 is 0 Å². The highest BCUT2D eigenvalue weighted by molar-refractivity contribution is 6.17. The van der Waals surface area contributed by atoms with Gasteiger partial charge < -0.3 is 15.8 Å². The summed E-state index contributed by atoms with van der Waals surface area (Å²) in [5.74, 6) is -0.499. The van der Waals surface area contributed by atoms with Crippen LogP contribution in [-0.4, -0.2) is 61.7 Å². The van der Waals surface area contributed by atoms with E-state index in [1.165, 1.54) is 4.90 Å². The summed E-state index contributed by atoms with van der Waals surface area (Å²) < 4.78 is 5.35. The molecule has 47 heavy (non-hydrogen) atoms. The minimum atomic E-state index is -0.959. The maximum absolute atomic E-state index is 14.1. The molecule has 1 atom stereocenters. The number of benzene rings is 2. The Hall–Kier alpha value is -4.97. The van der Waals surface area contributed by atoms with Crippen LogP contribution in [-0.2, 0) is 20.7 Å². The molecule has 4 N–H and O–H groups in total. The number of carbonyl (C=O) groups is 3. The van der Waals surface area contributed by atoms with Crippen LogP contribution in [0.15, 0.2) is 67.0 Å². The Morgan fingerprint density at radius 2 is 1.79 bits per heavy atom. The van der Waals surface area contributed by atoms with Crippen LogP contribution in [0.1, 0.15) is 57.6 Å². The Morgan fingerprint density at radius 3 is 2.45 bits per heavy atom. The predicted molar refractivity (Wildman–Crippen MR) is 178 cm³/mol. The van der Waals surface area contributed by atoms with Crippen molar-refractivity contribution in [1.29, 1.82) is 0 Å². The monoisotopic (exact) mass is 638 g/mol. The summed E-state index contributed by atoms with van der Waals surface area (Å²) in [5.41, 5.74) is 11.1. The average Bonchev–Trinajstić information content (AvgIpc) is 3.59. The van der Waals surface area contributed by atoms with Crippen LogP contribution in [0.25, 0.3) is 22.5 Å². The van der Waals surface area contributed by atoms with Crippen LogP contribution in [0.2, 0.25) is 0 Å². The van der Waals surface area contributed by atoms with E-state index < -0.39 is 23.6 Å². The number of nitrogens with zero attached hydrogens (tertiary/aromatic N) is 5. The van der Waals surface area contributed by atoms with E-state index in [1.54, 1.807) is 30.5 Å². The molecule has 3 amide bonds. The molecule has 0 aliphatic heterocycles. The molecule has 0 unspecified atom stereocenters. The second-order valence-corrected chi connectivity index (χ2v) is 13.1. The molecule has 0 saturated heterocycles. The summed E-state index contributed by atoms with van der Waals surface area (Å²) in [7, 11) is 0. The minimum absolute atomic E-state index is 0.212. The first-order valence-electron chi connectivity index (χ1n) is 15.9. The Morgan fingerprint density at radius 1 is 1.04 bits per heavy atom. The van der Waals surface area contributed by atoms with Crippen molar-refractivity contribution in [1.82, 2.24) is 30.9 Å². The first kappa shape index (κ1) is 33.4. The molecule has 1 fully saturated rings. The van der Waals surface area contributed by atoms with Gasteiger partial charge in [0, 0.05) is 30.4 Å². The van der Waals surface area contributed by atoms with Gasteiger partial charge in [0.05, 0.1) is 11.7 Å². The van der Waals surface area contributed by atoms with Crippen LogP contribution >= 0.6 is 0 Å². The SMILES string of the molecule is Cc1cnccc1-c1cccc(C[C@H](N)C(=O)N(C(=O)C2CCC(CNC(=O)OC(C)(C)C)CC2)c2ccc(-c3nn[nH]n3)cc2)c1. The summed E-state index contributed by atoms with van der Waals surface area (Å²) >= 11 is 0. The number of H-pyrrole nitrogens is 1. The zero-order valence-corrected chi connectivity index (χ0v) is 27.3. The van der Waals surface area contributed by atoms with E-state index in [9.17, 15) is 14.4 Å². The number of ether oxygens (including phenoxy) is 1. The number of pyridine rings is 1. The van der Waals surface area contributed by atoms with E-state index in [0.29, 0.717) is 36.5 Å². The molecule has 12 heteroatoms. The van der Waals surface area contributed by atoms with Gasteiger partial charge in [0.2, 0.25) is 11.7 Å². The highest BCUT2D eigenvalue weighted by Gasteiger charge is 2.35. The van der Waals surface area contributed by atoms with Crippen molar-refractivity contribution >= 4 is 23.6 Å². The van der Waals surface area contributed by atoms with Crippen LogP contribution < -0.4 is 16.0 Å². The molecule has 2 heterocycles. The summed E-state index contributed by atoms with van der Waals surface area (Å²) in [6, 6.07) is 15.8. The number of imide groups is 1. The lowest BCUT2D eigenvalue weighted by Crippen LogP contribution is -2.50. The Bertz CT molecular complexity index is 1680. The second kappa shape index (κ2) is 14.6. The molecule has 246 valence electrons. The number of anilines is 1. The average molecular weight is 639 g/mol. The third-order valence-corrected chi connectivity index (χ3v) is 8.33. The molecule has 1 aliphatic carbocycles. The van der Waals surface area contributed by atoms with Crippen molar-refractivity contribution in [3.63, 3.8) is 0 Å². The molecule has 0 radical (unpaired) electrons. The van der Waals surface area contributed by atoms with Crippen LogP contribution in [0.3, 0.4) is 0 Å². The quantitative estimate of drug-likeness (QED) is 0.228. The smallest absolute Gasteiger partial charge is 0.407 e. The van der Waals surface area contributed by atoms with Crippen LogP contribution in [0.4, 0.5) is 10.5 Å². The van der Waals surface area contributed by atoms with Gasteiger partial charge in [0.25, 0.3) is 5.91 Å². The van der Waals surface area contributed by atoms with E-state index in [4.69, 9.17) is 10.5 Å². The summed E-state index contributed by atoms with van der Waals surface area (Å²) in [6.07, 6.45) is 6.02. The standard InChI is InChI=1S/C35H42N8O4/c1-22-20-37-17-16-29(22)27-7-5-6-24(18-27)19-30(36)33(45)43(28-14-12-25(13-15-28)31-39-41-42-40-31)32(44)26-10-8-23(9-11-26)21-38-34(46)47-35(2,3)4/h5-7,12-18,20,23,26,30H,8-11,19,21,36H2,1-4H3,(H,38,46)(H,39,40,41,42)/t23?,26?,30-/m0/s1. The van der Waals surface area contributed by atoms with Crippen molar-refractivity contribution in [2.24, 2.45) is 17.6 Å². The number of carbonyl (C=O) groups excluding carboxylic acids is 3. The van der Waals surface area contributed by atoms with Gasteiger partial charge in [-0.05, 0) is 124 Å².